The van der Waals surface area contributed by atoms with Gasteiger partial charge in [0, 0.05) is 37.7 Å². The summed E-state index contributed by atoms with van der Waals surface area (Å²) in [7, 11) is 2.22. The first-order chi connectivity index (χ1) is 10.3. The van der Waals surface area contributed by atoms with Crippen LogP contribution in [-0.2, 0) is 9.47 Å². The molecule has 2 aliphatic rings. The topological polar surface area (TPSA) is 24.9 Å². The molecule has 0 bridgehead atoms. The molecule has 3 heterocycles. The van der Waals surface area contributed by atoms with Crippen LogP contribution in [0, 0.1) is 0 Å². The summed E-state index contributed by atoms with van der Waals surface area (Å²) in [5.74, 6) is 0. The van der Waals surface area contributed by atoms with Crippen LogP contribution in [0.1, 0.15) is 23.8 Å². The van der Waals surface area contributed by atoms with Crippen molar-refractivity contribution in [3.8, 4) is 0 Å². The van der Waals surface area contributed by atoms with Gasteiger partial charge >= 0.3 is 0 Å². The first-order valence-corrected chi connectivity index (χ1v) is 8.86. The first kappa shape index (κ1) is 15.4. The lowest BCUT2D eigenvalue weighted by atomic mass is 10.1. The van der Waals surface area contributed by atoms with Crippen molar-refractivity contribution >= 4 is 11.3 Å². The van der Waals surface area contributed by atoms with Crippen LogP contribution in [-0.4, -0.2) is 69.0 Å². The van der Waals surface area contributed by atoms with E-state index >= 15 is 0 Å². The molecule has 21 heavy (non-hydrogen) atoms. The second kappa shape index (κ2) is 7.70. The van der Waals surface area contributed by atoms with Gasteiger partial charge in [-0.2, -0.15) is 0 Å². The first-order valence-electron chi connectivity index (χ1n) is 7.98. The van der Waals surface area contributed by atoms with Crippen LogP contribution in [0.4, 0.5) is 0 Å². The van der Waals surface area contributed by atoms with Crippen LogP contribution < -0.4 is 0 Å². The van der Waals surface area contributed by atoms with Crippen LogP contribution in [0.5, 0.6) is 0 Å². The SMILES string of the molecule is CN(C[C@@H]1CCCO1)C[C@H](c1cccs1)N1CCOCC1. The smallest absolute Gasteiger partial charge is 0.0702 e. The number of thiophene rings is 1. The molecule has 4 nitrogen and oxygen atoms in total. The van der Waals surface area contributed by atoms with E-state index in [-0.39, 0.29) is 0 Å². The summed E-state index contributed by atoms with van der Waals surface area (Å²) in [5.41, 5.74) is 0. The van der Waals surface area contributed by atoms with Crippen molar-refractivity contribution in [1.82, 2.24) is 9.80 Å². The van der Waals surface area contributed by atoms with E-state index in [1.165, 1.54) is 17.7 Å². The van der Waals surface area contributed by atoms with E-state index in [0.29, 0.717) is 12.1 Å². The molecule has 0 spiro atoms. The predicted molar refractivity (Wildman–Crippen MR) is 85.9 cm³/mol. The van der Waals surface area contributed by atoms with E-state index in [1.54, 1.807) is 0 Å². The molecule has 1 aromatic heterocycles. The molecule has 118 valence electrons. The third-order valence-electron chi connectivity index (χ3n) is 4.38. The highest BCUT2D eigenvalue weighted by Crippen LogP contribution is 2.27. The van der Waals surface area contributed by atoms with Crippen molar-refractivity contribution in [2.45, 2.75) is 25.0 Å². The zero-order valence-electron chi connectivity index (χ0n) is 12.9. The van der Waals surface area contributed by atoms with Gasteiger partial charge in [-0.05, 0) is 31.3 Å². The largest absolute Gasteiger partial charge is 0.379 e. The summed E-state index contributed by atoms with van der Waals surface area (Å²) >= 11 is 1.87. The predicted octanol–water partition coefficient (Wildman–Crippen LogP) is 2.23. The fraction of sp³-hybridized carbons (Fsp3) is 0.750. The van der Waals surface area contributed by atoms with E-state index < -0.39 is 0 Å². The fourth-order valence-electron chi connectivity index (χ4n) is 3.26. The molecule has 0 saturated carbocycles. The Labute approximate surface area is 131 Å². The van der Waals surface area contributed by atoms with Gasteiger partial charge in [0.1, 0.15) is 0 Å². The van der Waals surface area contributed by atoms with Gasteiger partial charge in [0.05, 0.1) is 25.4 Å². The maximum atomic E-state index is 5.77. The zero-order valence-corrected chi connectivity index (χ0v) is 13.7. The molecule has 2 atom stereocenters. The van der Waals surface area contributed by atoms with Crippen LogP contribution in [0.15, 0.2) is 17.5 Å². The van der Waals surface area contributed by atoms with Crippen molar-refractivity contribution in [3.05, 3.63) is 22.4 Å². The lowest BCUT2D eigenvalue weighted by Gasteiger charge is -2.36. The minimum atomic E-state index is 0.434. The Morgan fingerprint density at radius 1 is 1.38 bits per heavy atom. The molecule has 0 unspecified atom stereocenters. The lowest BCUT2D eigenvalue weighted by Crippen LogP contribution is -2.44. The Morgan fingerprint density at radius 3 is 2.90 bits per heavy atom. The maximum Gasteiger partial charge on any atom is 0.0702 e. The standard InChI is InChI=1S/C16H26N2O2S/c1-17(12-14-4-2-8-20-14)13-15(16-5-3-11-21-16)18-6-9-19-10-7-18/h3,5,11,14-15H,2,4,6-10,12-13H2,1H3/t14-,15+/m0/s1. The quantitative estimate of drug-likeness (QED) is 0.804. The van der Waals surface area contributed by atoms with Gasteiger partial charge in [-0.1, -0.05) is 6.07 Å². The fourth-order valence-corrected chi connectivity index (χ4v) is 4.11. The summed E-state index contributed by atoms with van der Waals surface area (Å²) in [6.07, 6.45) is 2.87. The number of nitrogens with zero attached hydrogens (tertiary/aromatic N) is 2. The zero-order chi connectivity index (χ0) is 14.5. The Hall–Kier alpha value is -0.460. The number of ether oxygens (including phenoxy) is 2. The van der Waals surface area contributed by atoms with Crippen LogP contribution >= 0.6 is 11.3 Å². The van der Waals surface area contributed by atoms with Crippen LogP contribution in [0.2, 0.25) is 0 Å². The average Bonchev–Trinajstić information content (AvgIpc) is 3.19. The van der Waals surface area contributed by atoms with Crippen molar-refractivity contribution in [3.63, 3.8) is 0 Å². The van der Waals surface area contributed by atoms with Crippen molar-refractivity contribution in [2.24, 2.45) is 0 Å². The Kier molecular flexibility index (Phi) is 5.66. The minimum Gasteiger partial charge on any atom is -0.379 e. The highest BCUT2D eigenvalue weighted by Gasteiger charge is 2.26. The summed E-state index contributed by atoms with van der Waals surface area (Å²) in [6.45, 7) is 6.85. The van der Waals surface area contributed by atoms with Crippen molar-refractivity contribution in [1.29, 1.82) is 0 Å². The third-order valence-corrected chi connectivity index (χ3v) is 5.36. The van der Waals surface area contributed by atoms with Crippen LogP contribution in [0.25, 0.3) is 0 Å². The molecule has 0 amide bonds. The van der Waals surface area contributed by atoms with E-state index in [2.05, 4.69) is 34.4 Å². The molecule has 2 saturated heterocycles. The van der Waals surface area contributed by atoms with Gasteiger partial charge in [-0.25, -0.2) is 0 Å². The molecule has 1 aromatic rings. The number of hydrogen-bond acceptors (Lipinski definition) is 5. The van der Waals surface area contributed by atoms with E-state index in [1.807, 2.05) is 11.3 Å². The van der Waals surface area contributed by atoms with E-state index in [0.717, 1.165) is 46.0 Å². The van der Waals surface area contributed by atoms with Gasteiger partial charge in [-0.15, -0.1) is 11.3 Å². The van der Waals surface area contributed by atoms with Gasteiger partial charge in [0.2, 0.25) is 0 Å². The van der Waals surface area contributed by atoms with Gasteiger partial charge in [0.25, 0.3) is 0 Å². The molecule has 0 radical (unpaired) electrons. The Bertz CT molecular complexity index is 400. The van der Waals surface area contributed by atoms with E-state index in [9.17, 15) is 0 Å². The average molecular weight is 310 g/mol. The summed E-state index contributed by atoms with van der Waals surface area (Å²) in [6, 6.07) is 4.92. The monoisotopic (exact) mass is 310 g/mol. The van der Waals surface area contributed by atoms with Gasteiger partial charge < -0.3 is 14.4 Å². The second-order valence-electron chi connectivity index (χ2n) is 6.04. The maximum absolute atomic E-state index is 5.77. The molecule has 0 aliphatic carbocycles. The van der Waals surface area contributed by atoms with Crippen molar-refractivity contribution < 1.29 is 9.47 Å². The van der Waals surface area contributed by atoms with Gasteiger partial charge in [-0.3, -0.25) is 4.90 Å². The third kappa shape index (κ3) is 4.27. The highest BCUT2D eigenvalue weighted by atomic mass is 32.1. The number of hydrogen-bond donors (Lipinski definition) is 0. The summed E-state index contributed by atoms with van der Waals surface area (Å²) in [4.78, 5) is 6.48. The molecule has 2 aliphatic heterocycles. The second-order valence-corrected chi connectivity index (χ2v) is 7.02. The van der Waals surface area contributed by atoms with Crippen molar-refractivity contribution in [2.75, 3.05) is 53.0 Å². The molecule has 2 fully saturated rings. The molecular weight excluding hydrogens is 284 g/mol. The molecule has 5 heteroatoms. The number of rotatable bonds is 6. The van der Waals surface area contributed by atoms with E-state index in [4.69, 9.17) is 9.47 Å². The number of morpholine rings is 1. The normalized spacial score (nSPS) is 25.5. The highest BCUT2D eigenvalue weighted by molar-refractivity contribution is 7.10. The molecule has 0 aromatic carbocycles. The molecular formula is C16H26N2O2S. The minimum absolute atomic E-state index is 0.434. The molecule has 0 N–H and O–H groups in total. The van der Waals surface area contributed by atoms with Crippen LogP contribution in [0.3, 0.4) is 0 Å². The summed E-state index contributed by atoms with van der Waals surface area (Å²) in [5, 5.41) is 2.18. The lowest BCUT2D eigenvalue weighted by molar-refractivity contribution is 0.00561. The molecule has 3 rings (SSSR count). The van der Waals surface area contributed by atoms with Gasteiger partial charge in [0.15, 0.2) is 0 Å². The Balaban J connectivity index is 1.61. The Morgan fingerprint density at radius 2 is 2.24 bits per heavy atom. The summed E-state index contributed by atoms with van der Waals surface area (Å²) < 4.78 is 11.3. The number of likely N-dealkylation sites (N-methyl/N-ethyl adjacent to an activating group) is 1.